The van der Waals surface area contributed by atoms with Gasteiger partial charge in [0.1, 0.15) is 0 Å². The van der Waals surface area contributed by atoms with Crippen LogP contribution in [0.25, 0.3) is 0 Å². The highest BCUT2D eigenvalue weighted by atomic mass is 35.5. The van der Waals surface area contributed by atoms with Crippen LogP contribution in [0.4, 0.5) is 0 Å². The lowest BCUT2D eigenvalue weighted by atomic mass is 9.82. The molecular formula is C14H17Cl2N. The highest BCUT2D eigenvalue weighted by molar-refractivity contribution is 6.42. The van der Waals surface area contributed by atoms with E-state index in [-0.39, 0.29) is 5.54 Å². The highest BCUT2D eigenvalue weighted by Gasteiger charge is 2.47. The van der Waals surface area contributed by atoms with Crippen molar-refractivity contribution in [1.29, 1.82) is 0 Å². The van der Waals surface area contributed by atoms with Crippen molar-refractivity contribution in [3.63, 3.8) is 0 Å². The standard InChI is InChI=1S/C14H17Cl2N/c1-17-11-3-2-7-14(17,8-6-11)10-4-5-12(15)13(16)9-10/h4-5,9,11H,2-3,6-8H2,1H3. The van der Waals surface area contributed by atoms with Gasteiger partial charge in [0.2, 0.25) is 0 Å². The van der Waals surface area contributed by atoms with Gasteiger partial charge in [0.15, 0.2) is 0 Å². The van der Waals surface area contributed by atoms with Crippen molar-refractivity contribution >= 4 is 23.2 Å². The average molecular weight is 270 g/mol. The van der Waals surface area contributed by atoms with E-state index in [0.29, 0.717) is 10.0 Å². The minimum atomic E-state index is 0.219. The molecule has 0 N–H and O–H groups in total. The highest BCUT2D eigenvalue weighted by Crippen LogP contribution is 2.50. The number of rotatable bonds is 1. The van der Waals surface area contributed by atoms with Gasteiger partial charge in [-0.3, -0.25) is 4.90 Å². The minimum absolute atomic E-state index is 0.219. The predicted molar refractivity (Wildman–Crippen MR) is 72.8 cm³/mol. The molecule has 2 unspecified atom stereocenters. The predicted octanol–water partition coefficient (Wildman–Crippen LogP) is 4.47. The Kier molecular flexibility index (Phi) is 2.89. The normalized spacial score (nSPS) is 33.0. The molecule has 0 amide bonds. The molecule has 1 aromatic carbocycles. The molecule has 2 saturated heterocycles. The van der Waals surface area contributed by atoms with E-state index in [0.717, 1.165) is 6.04 Å². The van der Waals surface area contributed by atoms with Gasteiger partial charge in [-0.1, -0.05) is 29.3 Å². The molecule has 2 heterocycles. The zero-order chi connectivity index (χ0) is 12.0. The number of benzene rings is 1. The molecule has 3 rings (SSSR count). The zero-order valence-electron chi connectivity index (χ0n) is 10.0. The lowest BCUT2D eigenvalue weighted by molar-refractivity contribution is 0.0805. The maximum Gasteiger partial charge on any atom is 0.0595 e. The fourth-order valence-corrected chi connectivity index (χ4v) is 3.97. The van der Waals surface area contributed by atoms with Crippen LogP contribution in [0.3, 0.4) is 0 Å². The van der Waals surface area contributed by atoms with Crippen LogP contribution in [0, 0.1) is 0 Å². The van der Waals surface area contributed by atoms with Gasteiger partial charge in [0, 0.05) is 11.6 Å². The van der Waals surface area contributed by atoms with Crippen molar-refractivity contribution in [3.8, 4) is 0 Å². The molecule has 2 aliphatic heterocycles. The number of halogens is 2. The van der Waals surface area contributed by atoms with Crippen molar-refractivity contribution in [2.75, 3.05) is 7.05 Å². The lowest BCUT2D eigenvalue weighted by Gasteiger charge is -2.43. The Morgan fingerprint density at radius 3 is 2.76 bits per heavy atom. The molecule has 0 saturated carbocycles. The molecule has 17 heavy (non-hydrogen) atoms. The first-order chi connectivity index (χ1) is 8.13. The average Bonchev–Trinajstić information content (AvgIpc) is 2.53. The third kappa shape index (κ3) is 1.71. The summed E-state index contributed by atoms with van der Waals surface area (Å²) in [6, 6.07) is 6.91. The molecule has 2 aliphatic rings. The second-order valence-corrected chi connectivity index (χ2v) is 6.17. The summed E-state index contributed by atoms with van der Waals surface area (Å²) in [6.45, 7) is 0. The summed E-state index contributed by atoms with van der Waals surface area (Å²) in [5.74, 6) is 0. The molecule has 3 heteroatoms. The van der Waals surface area contributed by atoms with Crippen LogP contribution >= 0.6 is 23.2 Å². The summed E-state index contributed by atoms with van der Waals surface area (Å²) >= 11 is 12.2. The number of piperidine rings is 1. The first kappa shape index (κ1) is 11.8. The molecule has 2 bridgehead atoms. The first-order valence-electron chi connectivity index (χ1n) is 6.32. The van der Waals surface area contributed by atoms with Crippen molar-refractivity contribution in [3.05, 3.63) is 33.8 Å². The third-order valence-corrected chi connectivity index (χ3v) is 5.44. The van der Waals surface area contributed by atoms with Crippen LogP contribution < -0.4 is 0 Å². The first-order valence-corrected chi connectivity index (χ1v) is 7.07. The fraction of sp³-hybridized carbons (Fsp3) is 0.571. The Morgan fingerprint density at radius 1 is 1.18 bits per heavy atom. The van der Waals surface area contributed by atoms with Gasteiger partial charge < -0.3 is 0 Å². The molecular weight excluding hydrogens is 253 g/mol. The SMILES string of the molecule is CN1C2CCCC1(c1ccc(Cl)c(Cl)c1)CC2. The van der Waals surface area contributed by atoms with E-state index in [4.69, 9.17) is 23.2 Å². The van der Waals surface area contributed by atoms with E-state index in [2.05, 4.69) is 24.1 Å². The molecule has 1 nitrogen and oxygen atoms in total. The number of nitrogens with zero attached hydrogens (tertiary/aromatic N) is 1. The summed E-state index contributed by atoms with van der Waals surface area (Å²) < 4.78 is 0. The van der Waals surface area contributed by atoms with Crippen LogP contribution in [0.15, 0.2) is 18.2 Å². The minimum Gasteiger partial charge on any atom is -0.294 e. The molecule has 92 valence electrons. The number of hydrogen-bond acceptors (Lipinski definition) is 1. The molecule has 0 aromatic heterocycles. The molecule has 1 aromatic rings. The summed E-state index contributed by atoms with van der Waals surface area (Å²) in [5, 5.41) is 1.33. The summed E-state index contributed by atoms with van der Waals surface area (Å²) in [6.07, 6.45) is 6.50. The van der Waals surface area contributed by atoms with E-state index in [1.165, 1.54) is 37.7 Å². The largest absolute Gasteiger partial charge is 0.294 e. The van der Waals surface area contributed by atoms with Crippen LogP contribution in [-0.4, -0.2) is 18.0 Å². The van der Waals surface area contributed by atoms with E-state index in [9.17, 15) is 0 Å². The van der Waals surface area contributed by atoms with Gasteiger partial charge in [0.05, 0.1) is 10.0 Å². The van der Waals surface area contributed by atoms with Gasteiger partial charge in [-0.25, -0.2) is 0 Å². The Hall–Kier alpha value is -0.240. The summed E-state index contributed by atoms with van der Waals surface area (Å²) in [4.78, 5) is 2.57. The summed E-state index contributed by atoms with van der Waals surface area (Å²) in [7, 11) is 2.26. The van der Waals surface area contributed by atoms with Crippen LogP contribution in [-0.2, 0) is 5.54 Å². The lowest BCUT2D eigenvalue weighted by Crippen LogP contribution is -2.45. The zero-order valence-corrected chi connectivity index (χ0v) is 11.6. The van der Waals surface area contributed by atoms with Gasteiger partial charge >= 0.3 is 0 Å². The Bertz CT molecular complexity index is 442. The van der Waals surface area contributed by atoms with Gasteiger partial charge in [0.25, 0.3) is 0 Å². The van der Waals surface area contributed by atoms with Crippen LogP contribution in [0.5, 0.6) is 0 Å². The van der Waals surface area contributed by atoms with Gasteiger partial charge in [-0.05, 0) is 56.8 Å². The van der Waals surface area contributed by atoms with E-state index in [1.54, 1.807) is 0 Å². The number of fused-ring (bicyclic) bond motifs is 2. The van der Waals surface area contributed by atoms with Gasteiger partial charge in [-0.15, -0.1) is 0 Å². The summed E-state index contributed by atoms with van der Waals surface area (Å²) in [5.41, 5.74) is 1.56. The van der Waals surface area contributed by atoms with Gasteiger partial charge in [-0.2, -0.15) is 0 Å². The Balaban J connectivity index is 2.04. The second-order valence-electron chi connectivity index (χ2n) is 5.36. The monoisotopic (exact) mass is 269 g/mol. The van der Waals surface area contributed by atoms with Crippen LogP contribution in [0.2, 0.25) is 10.0 Å². The maximum absolute atomic E-state index is 6.16. The van der Waals surface area contributed by atoms with Crippen molar-refractivity contribution in [1.82, 2.24) is 4.90 Å². The number of hydrogen-bond donors (Lipinski definition) is 0. The fourth-order valence-electron chi connectivity index (χ4n) is 3.67. The van der Waals surface area contributed by atoms with E-state index in [1.807, 2.05) is 6.07 Å². The third-order valence-electron chi connectivity index (χ3n) is 4.70. The molecule has 0 radical (unpaired) electrons. The van der Waals surface area contributed by atoms with Crippen LogP contribution in [0.1, 0.15) is 37.7 Å². The molecule has 0 spiro atoms. The molecule has 2 atom stereocenters. The van der Waals surface area contributed by atoms with Crippen molar-refractivity contribution < 1.29 is 0 Å². The maximum atomic E-state index is 6.16. The van der Waals surface area contributed by atoms with E-state index < -0.39 is 0 Å². The Labute approximate surface area is 113 Å². The van der Waals surface area contributed by atoms with Crippen molar-refractivity contribution in [2.24, 2.45) is 0 Å². The molecule has 2 fully saturated rings. The quantitative estimate of drug-likeness (QED) is 0.727. The second kappa shape index (κ2) is 4.15. The topological polar surface area (TPSA) is 3.24 Å². The molecule has 0 aliphatic carbocycles. The smallest absolute Gasteiger partial charge is 0.0595 e. The van der Waals surface area contributed by atoms with Crippen molar-refractivity contribution in [2.45, 2.75) is 43.7 Å². The van der Waals surface area contributed by atoms with E-state index >= 15 is 0 Å². The Morgan fingerprint density at radius 2 is 2.00 bits per heavy atom.